The summed E-state index contributed by atoms with van der Waals surface area (Å²) in [6.45, 7) is 10.3. The van der Waals surface area contributed by atoms with Crippen molar-refractivity contribution in [3.05, 3.63) is 5.82 Å². The molecule has 0 aromatic carbocycles. The van der Waals surface area contributed by atoms with Crippen LogP contribution in [0.2, 0.25) is 0 Å². The predicted octanol–water partition coefficient (Wildman–Crippen LogP) is 1.61. The molecule has 0 radical (unpaired) electrons. The van der Waals surface area contributed by atoms with Crippen LogP contribution in [0.4, 0.5) is 0 Å². The Morgan fingerprint density at radius 1 is 1.25 bits per heavy atom. The Kier molecular flexibility index (Phi) is 5.38. The summed E-state index contributed by atoms with van der Waals surface area (Å²) in [4.78, 5) is 0. The van der Waals surface area contributed by atoms with E-state index in [2.05, 4.69) is 48.5 Å². The van der Waals surface area contributed by atoms with Crippen LogP contribution >= 0.6 is 0 Å². The van der Waals surface area contributed by atoms with E-state index in [9.17, 15) is 0 Å². The first-order chi connectivity index (χ1) is 7.67. The second-order valence-corrected chi connectivity index (χ2v) is 4.50. The first kappa shape index (κ1) is 13.1. The molecule has 0 aliphatic rings. The van der Waals surface area contributed by atoms with Gasteiger partial charge in [0.2, 0.25) is 0 Å². The Bertz CT molecular complexity index is 290. The van der Waals surface area contributed by atoms with Crippen molar-refractivity contribution in [3.8, 4) is 0 Å². The third-order valence-electron chi connectivity index (χ3n) is 2.86. The number of nitrogens with one attached hydrogen (secondary N) is 1. The quantitative estimate of drug-likeness (QED) is 0.766. The molecule has 1 heterocycles. The Hall–Kier alpha value is -0.970. The highest BCUT2D eigenvalue weighted by atomic mass is 15.5. The van der Waals surface area contributed by atoms with Gasteiger partial charge in [0.05, 0.1) is 6.54 Å². The summed E-state index contributed by atoms with van der Waals surface area (Å²) in [5.74, 6) is 1.60. The van der Waals surface area contributed by atoms with Gasteiger partial charge < -0.3 is 5.32 Å². The summed E-state index contributed by atoms with van der Waals surface area (Å²) in [7, 11) is 0. The van der Waals surface area contributed by atoms with E-state index in [1.165, 1.54) is 12.8 Å². The zero-order valence-electron chi connectivity index (χ0n) is 10.8. The van der Waals surface area contributed by atoms with Crippen molar-refractivity contribution < 1.29 is 0 Å². The molecule has 92 valence electrons. The van der Waals surface area contributed by atoms with Crippen LogP contribution in [0.15, 0.2) is 0 Å². The van der Waals surface area contributed by atoms with E-state index in [-0.39, 0.29) is 0 Å². The molecule has 1 aromatic heterocycles. The van der Waals surface area contributed by atoms with Gasteiger partial charge in [-0.3, -0.25) is 0 Å². The molecule has 0 unspecified atom stereocenters. The van der Waals surface area contributed by atoms with Crippen LogP contribution < -0.4 is 5.32 Å². The molecule has 1 aromatic rings. The van der Waals surface area contributed by atoms with E-state index >= 15 is 0 Å². The predicted molar refractivity (Wildman–Crippen MR) is 63.9 cm³/mol. The average Bonchev–Trinajstić information content (AvgIpc) is 2.70. The maximum atomic E-state index is 4.05. The van der Waals surface area contributed by atoms with Crippen molar-refractivity contribution in [2.24, 2.45) is 5.92 Å². The summed E-state index contributed by atoms with van der Waals surface area (Å²) >= 11 is 0. The van der Waals surface area contributed by atoms with Crippen molar-refractivity contribution in [2.45, 2.75) is 59.7 Å². The number of hydrogen-bond donors (Lipinski definition) is 1. The highest BCUT2D eigenvalue weighted by Gasteiger charge is 2.10. The zero-order chi connectivity index (χ0) is 12.0. The van der Waals surface area contributed by atoms with E-state index in [1.54, 1.807) is 0 Å². The molecule has 0 fully saturated rings. The van der Waals surface area contributed by atoms with Gasteiger partial charge in [-0.2, -0.15) is 0 Å². The van der Waals surface area contributed by atoms with Gasteiger partial charge in [0.25, 0.3) is 0 Å². The largest absolute Gasteiger partial charge is 0.308 e. The lowest BCUT2D eigenvalue weighted by Gasteiger charge is -2.13. The minimum Gasteiger partial charge on any atom is -0.308 e. The van der Waals surface area contributed by atoms with Gasteiger partial charge >= 0.3 is 0 Å². The third kappa shape index (κ3) is 3.89. The second-order valence-electron chi connectivity index (χ2n) is 4.50. The van der Waals surface area contributed by atoms with Crippen molar-refractivity contribution in [2.75, 3.05) is 0 Å². The molecule has 0 bridgehead atoms. The highest BCUT2D eigenvalue weighted by molar-refractivity contribution is 4.81. The van der Waals surface area contributed by atoms with Gasteiger partial charge in [-0.05, 0) is 16.3 Å². The zero-order valence-corrected chi connectivity index (χ0v) is 10.8. The number of aromatic nitrogens is 4. The lowest BCUT2D eigenvalue weighted by Crippen LogP contribution is -2.25. The fraction of sp³-hybridized carbons (Fsp3) is 0.909. The summed E-state index contributed by atoms with van der Waals surface area (Å²) in [5, 5.41) is 15.2. The number of tetrazole rings is 1. The normalized spacial score (nSPS) is 11.6. The Morgan fingerprint density at radius 3 is 2.50 bits per heavy atom. The first-order valence-electron chi connectivity index (χ1n) is 6.15. The van der Waals surface area contributed by atoms with Crippen LogP contribution in [0.1, 0.15) is 46.4 Å². The lowest BCUT2D eigenvalue weighted by molar-refractivity contribution is 0.378. The summed E-state index contributed by atoms with van der Waals surface area (Å²) in [6, 6.07) is 0.457. The van der Waals surface area contributed by atoms with Gasteiger partial charge in [-0.15, -0.1) is 5.10 Å². The molecule has 0 aliphatic heterocycles. The van der Waals surface area contributed by atoms with Gasteiger partial charge in [0.15, 0.2) is 5.82 Å². The molecular weight excluding hydrogens is 202 g/mol. The molecule has 0 saturated heterocycles. The van der Waals surface area contributed by atoms with Crippen molar-refractivity contribution in [1.29, 1.82) is 0 Å². The minimum atomic E-state index is 0.457. The van der Waals surface area contributed by atoms with Gasteiger partial charge in [0.1, 0.15) is 0 Å². The Labute approximate surface area is 97.6 Å². The van der Waals surface area contributed by atoms with Crippen LogP contribution in [0.25, 0.3) is 0 Å². The van der Waals surface area contributed by atoms with Gasteiger partial charge in [-0.1, -0.05) is 40.5 Å². The second kappa shape index (κ2) is 6.58. The fourth-order valence-corrected chi connectivity index (χ4v) is 1.58. The summed E-state index contributed by atoms with van der Waals surface area (Å²) in [6.07, 6.45) is 2.35. The molecule has 5 nitrogen and oxygen atoms in total. The Morgan fingerprint density at radius 2 is 1.94 bits per heavy atom. The molecule has 0 atom stereocenters. The average molecular weight is 225 g/mol. The number of rotatable bonds is 7. The van der Waals surface area contributed by atoms with E-state index in [0.717, 1.165) is 18.9 Å². The molecule has 5 heteroatoms. The number of hydrogen-bond acceptors (Lipinski definition) is 4. The third-order valence-corrected chi connectivity index (χ3v) is 2.86. The molecule has 16 heavy (non-hydrogen) atoms. The maximum absolute atomic E-state index is 4.05. The maximum Gasteiger partial charge on any atom is 0.165 e. The van der Waals surface area contributed by atoms with Crippen LogP contribution in [0, 0.1) is 5.92 Å². The highest BCUT2D eigenvalue weighted by Crippen LogP contribution is 2.10. The van der Waals surface area contributed by atoms with Crippen molar-refractivity contribution >= 4 is 0 Å². The molecular formula is C11H23N5. The van der Waals surface area contributed by atoms with Crippen LogP contribution in [-0.2, 0) is 13.1 Å². The molecule has 0 saturated carbocycles. The lowest BCUT2D eigenvalue weighted by atomic mass is 10.0. The summed E-state index contributed by atoms with van der Waals surface area (Å²) in [5.41, 5.74) is 0. The minimum absolute atomic E-state index is 0.457. The van der Waals surface area contributed by atoms with Crippen molar-refractivity contribution in [1.82, 2.24) is 25.5 Å². The van der Waals surface area contributed by atoms with Crippen LogP contribution in [0.5, 0.6) is 0 Å². The van der Waals surface area contributed by atoms with E-state index in [4.69, 9.17) is 0 Å². The standard InChI is InChI=1S/C11H23N5/c1-5-10(6-2)8-16-11(13-14-15-16)7-12-9(3)4/h9-10,12H,5-8H2,1-4H3. The topological polar surface area (TPSA) is 55.6 Å². The van der Waals surface area contributed by atoms with Crippen LogP contribution in [0.3, 0.4) is 0 Å². The molecule has 0 amide bonds. The number of nitrogens with zero attached hydrogens (tertiary/aromatic N) is 4. The summed E-state index contributed by atoms with van der Waals surface area (Å²) < 4.78 is 1.92. The first-order valence-corrected chi connectivity index (χ1v) is 6.15. The SMILES string of the molecule is CCC(CC)Cn1nnnc1CNC(C)C. The van der Waals surface area contributed by atoms with E-state index in [1.807, 2.05) is 4.68 Å². The smallest absolute Gasteiger partial charge is 0.165 e. The van der Waals surface area contributed by atoms with Crippen LogP contribution in [-0.4, -0.2) is 26.2 Å². The molecule has 1 N–H and O–H groups in total. The monoisotopic (exact) mass is 225 g/mol. The van der Waals surface area contributed by atoms with E-state index in [0.29, 0.717) is 12.0 Å². The molecule has 0 aliphatic carbocycles. The molecule has 1 rings (SSSR count). The van der Waals surface area contributed by atoms with E-state index < -0.39 is 0 Å². The Balaban J connectivity index is 2.55. The van der Waals surface area contributed by atoms with Gasteiger partial charge in [-0.25, -0.2) is 4.68 Å². The van der Waals surface area contributed by atoms with Gasteiger partial charge in [0, 0.05) is 12.6 Å². The fourth-order valence-electron chi connectivity index (χ4n) is 1.58. The van der Waals surface area contributed by atoms with Crippen molar-refractivity contribution in [3.63, 3.8) is 0 Å². The molecule has 0 spiro atoms.